The van der Waals surface area contributed by atoms with Crippen molar-refractivity contribution >= 4 is 11.9 Å². The Morgan fingerprint density at radius 1 is 1.17 bits per heavy atom. The zero-order valence-corrected chi connectivity index (χ0v) is 17.4. The van der Waals surface area contributed by atoms with Crippen LogP contribution in [0.4, 0.5) is 0 Å². The van der Waals surface area contributed by atoms with E-state index in [0.29, 0.717) is 0 Å². The highest BCUT2D eigenvalue weighted by Crippen LogP contribution is 2.32. The Labute approximate surface area is 173 Å². The molecule has 0 aliphatic carbocycles. The molecule has 0 aromatic carbocycles. The zero-order valence-electron chi connectivity index (χ0n) is 17.4. The van der Waals surface area contributed by atoms with Crippen LogP contribution in [-0.4, -0.2) is 40.2 Å². The monoisotopic (exact) mass is 424 g/mol. The van der Waals surface area contributed by atoms with Crippen molar-refractivity contribution in [2.75, 3.05) is 6.61 Å². The van der Waals surface area contributed by atoms with Crippen molar-refractivity contribution in [1.82, 2.24) is 9.55 Å². The summed E-state index contributed by atoms with van der Waals surface area (Å²) in [4.78, 5) is 49.8. The first-order valence-corrected chi connectivity index (χ1v) is 9.60. The quantitative estimate of drug-likeness (QED) is 0.475. The molecule has 30 heavy (non-hydrogen) atoms. The smallest absolute Gasteiger partial charge is 0.331 e. The molecule has 1 aliphatic heterocycles. The molecule has 0 spiro atoms. The Bertz CT molecular complexity index is 931. The maximum atomic E-state index is 12.3. The van der Waals surface area contributed by atoms with Crippen molar-refractivity contribution in [2.45, 2.75) is 52.4 Å². The van der Waals surface area contributed by atoms with Crippen molar-refractivity contribution in [3.63, 3.8) is 0 Å². The number of nitrogens with one attached hydrogen (secondary N) is 1. The molecule has 0 saturated heterocycles. The summed E-state index contributed by atoms with van der Waals surface area (Å²) in [6, 6.07) is -0.541. The van der Waals surface area contributed by atoms with Crippen LogP contribution in [0.3, 0.4) is 0 Å². The lowest BCUT2D eigenvalue weighted by atomic mass is 10.1. The number of hydrogen-bond donors (Lipinski definition) is 3. The van der Waals surface area contributed by atoms with Gasteiger partial charge in [0.05, 0.1) is 6.42 Å². The van der Waals surface area contributed by atoms with Gasteiger partial charge in [0.1, 0.15) is 12.1 Å². The molecular formula is C19H28N4O7. The first kappa shape index (κ1) is 23.4. The molecule has 1 aromatic rings. The number of ether oxygens (including phenoxy) is 3. The highest BCUT2D eigenvalue weighted by Gasteiger charge is 2.33. The third-order valence-electron chi connectivity index (χ3n) is 4.66. The second-order valence-electron chi connectivity index (χ2n) is 7.71. The molecule has 0 saturated carbocycles. The van der Waals surface area contributed by atoms with Gasteiger partial charge in [-0.25, -0.2) is 9.59 Å². The number of nitrogens with zero attached hydrogens (tertiary/aromatic N) is 1. The number of aromatic nitrogens is 2. The summed E-state index contributed by atoms with van der Waals surface area (Å²) in [5.41, 5.74) is 10.3. The topological polar surface area (TPSA) is 169 Å². The van der Waals surface area contributed by atoms with E-state index >= 15 is 0 Å². The van der Waals surface area contributed by atoms with Gasteiger partial charge >= 0.3 is 17.6 Å². The minimum absolute atomic E-state index is 0.00831. The summed E-state index contributed by atoms with van der Waals surface area (Å²) < 4.78 is 17.4. The first-order chi connectivity index (χ1) is 14.0. The largest absolute Gasteiger partial charge is 0.467 e. The van der Waals surface area contributed by atoms with Gasteiger partial charge < -0.3 is 25.7 Å². The molecule has 2 heterocycles. The minimum atomic E-state index is -0.903. The van der Waals surface area contributed by atoms with E-state index in [1.165, 1.54) is 6.20 Å². The van der Waals surface area contributed by atoms with E-state index in [-0.39, 0.29) is 36.4 Å². The molecule has 0 unspecified atom stereocenters. The summed E-state index contributed by atoms with van der Waals surface area (Å²) in [6.45, 7) is 6.74. The van der Waals surface area contributed by atoms with Crippen molar-refractivity contribution in [1.29, 1.82) is 0 Å². The van der Waals surface area contributed by atoms with Crippen LogP contribution in [0, 0.1) is 11.8 Å². The first-order valence-electron chi connectivity index (χ1n) is 9.60. The molecule has 166 valence electrons. The lowest BCUT2D eigenvalue weighted by Crippen LogP contribution is -2.37. The number of H-pyrrole nitrogens is 1. The van der Waals surface area contributed by atoms with E-state index < -0.39 is 41.5 Å². The van der Waals surface area contributed by atoms with E-state index in [1.54, 1.807) is 27.7 Å². The lowest BCUT2D eigenvalue weighted by Gasteiger charge is -2.17. The van der Waals surface area contributed by atoms with Crippen LogP contribution in [0.25, 0.3) is 0 Å². The van der Waals surface area contributed by atoms with Crippen LogP contribution in [0.15, 0.2) is 33.4 Å². The van der Waals surface area contributed by atoms with Gasteiger partial charge in [-0.05, 0) is 11.8 Å². The Morgan fingerprint density at radius 2 is 1.77 bits per heavy atom. The Balaban J connectivity index is 2.22. The average molecular weight is 424 g/mol. The Kier molecular flexibility index (Phi) is 7.57. The van der Waals surface area contributed by atoms with E-state index in [9.17, 15) is 19.2 Å². The number of aromatic amines is 1. The maximum absolute atomic E-state index is 12.3. The fourth-order valence-corrected chi connectivity index (χ4v) is 2.53. The molecule has 1 aromatic heterocycles. The van der Waals surface area contributed by atoms with E-state index in [4.69, 9.17) is 25.7 Å². The predicted octanol–water partition coefficient (Wildman–Crippen LogP) is -0.280. The molecule has 2 rings (SSSR count). The Morgan fingerprint density at radius 3 is 2.33 bits per heavy atom. The van der Waals surface area contributed by atoms with Crippen LogP contribution in [0.5, 0.6) is 0 Å². The third kappa shape index (κ3) is 5.57. The predicted molar refractivity (Wildman–Crippen MR) is 106 cm³/mol. The number of nitrogens with two attached hydrogens (primary N) is 2. The van der Waals surface area contributed by atoms with Gasteiger partial charge in [0.25, 0.3) is 5.56 Å². The van der Waals surface area contributed by atoms with Crippen molar-refractivity contribution in [3.8, 4) is 0 Å². The number of rotatable bonds is 8. The van der Waals surface area contributed by atoms with E-state index in [0.717, 1.165) is 10.6 Å². The fraction of sp³-hybridized carbons (Fsp3) is 0.579. The highest BCUT2D eigenvalue weighted by molar-refractivity contribution is 5.77. The zero-order chi connectivity index (χ0) is 22.6. The molecule has 1 aliphatic rings. The molecule has 0 bridgehead atoms. The van der Waals surface area contributed by atoms with Gasteiger partial charge in [0.15, 0.2) is 24.4 Å². The Hall–Kier alpha value is -2.92. The second kappa shape index (κ2) is 9.72. The summed E-state index contributed by atoms with van der Waals surface area (Å²) in [6.07, 6.45) is 0.348. The van der Waals surface area contributed by atoms with Crippen molar-refractivity contribution in [3.05, 3.63) is 44.6 Å². The second-order valence-corrected chi connectivity index (χ2v) is 7.71. The summed E-state index contributed by atoms with van der Waals surface area (Å²) in [5, 5.41) is 0. The minimum Gasteiger partial charge on any atom is -0.467 e. The molecule has 0 amide bonds. The maximum Gasteiger partial charge on any atom is 0.331 e. The van der Waals surface area contributed by atoms with E-state index in [1.807, 2.05) is 0 Å². The highest BCUT2D eigenvalue weighted by atomic mass is 16.6. The third-order valence-corrected chi connectivity index (χ3v) is 4.66. The van der Waals surface area contributed by atoms with Crippen LogP contribution in [0.1, 0.15) is 40.3 Å². The number of esters is 2. The van der Waals surface area contributed by atoms with Crippen molar-refractivity contribution < 1.29 is 23.8 Å². The van der Waals surface area contributed by atoms with Gasteiger partial charge in [-0.15, -0.1) is 0 Å². The average Bonchev–Trinajstić information content (AvgIpc) is 3.06. The van der Waals surface area contributed by atoms with Crippen LogP contribution in [-0.2, 0) is 23.8 Å². The van der Waals surface area contributed by atoms with Crippen LogP contribution < -0.4 is 22.7 Å². The number of carbonyl (C=O) groups is 2. The number of hydrogen-bond acceptors (Lipinski definition) is 9. The summed E-state index contributed by atoms with van der Waals surface area (Å²) in [5.74, 6) is -1.47. The standard InChI is InChI=1S/C19H28N4O7/c1-9(2)15(20)17(25)28-8-12-11(30-18(26)16(21)10(3)4)7-14(29-12)23-6-5-13(24)22-19(23)27/h5-6,9-10,14-16H,7-8,20-21H2,1-4H3,(H,22,24,27)/t14-,15-,16-/m0/s1. The van der Waals surface area contributed by atoms with E-state index in [2.05, 4.69) is 4.98 Å². The fourth-order valence-electron chi connectivity index (χ4n) is 2.53. The lowest BCUT2D eigenvalue weighted by molar-refractivity contribution is -0.146. The molecular weight excluding hydrogens is 396 g/mol. The van der Waals surface area contributed by atoms with Crippen molar-refractivity contribution in [2.24, 2.45) is 23.3 Å². The molecule has 5 N–H and O–H groups in total. The van der Waals surface area contributed by atoms with Gasteiger partial charge in [-0.2, -0.15) is 0 Å². The molecule has 11 nitrogen and oxygen atoms in total. The van der Waals surface area contributed by atoms with Gasteiger partial charge in [-0.3, -0.25) is 19.1 Å². The van der Waals surface area contributed by atoms with Crippen LogP contribution >= 0.6 is 0 Å². The van der Waals surface area contributed by atoms with Gasteiger partial charge in [0, 0.05) is 12.3 Å². The van der Waals surface area contributed by atoms with Gasteiger partial charge in [-0.1, -0.05) is 27.7 Å². The molecule has 3 atom stereocenters. The normalized spacial score (nSPS) is 18.3. The molecule has 0 radical (unpaired) electrons. The molecule has 11 heteroatoms. The number of carbonyl (C=O) groups excluding carboxylic acids is 2. The van der Waals surface area contributed by atoms with Gasteiger partial charge in [0.2, 0.25) is 0 Å². The summed E-state index contributed by atoms with van der Waals surface area (Å²) >= 11 is 0. The van der Waals surface area contributed by atoms with Crippen LogP contribution in [0.2, 0.25) is 0 Å². The SMILES string of the molecule is CC(C)[C@H](N)C(=O)OCC1=C(OC(=O)[C@@H](N)C(C)C)C[C@@H](n2ccc(=O)[nH]c2=O)O1. The summed E-state index contributed by atoms with van der Waals surface area (Å²) in [7, 11) is 0. The molecule has 0 fully saturated rings.